The highest BCUT2D eigenvalue weighted by atomic mass is 32.1. The topological polar surface area (TPSA) is 134 Å². The van der Waals surface area contributed by atoms with Gasteiger partial charge in [-0.3, -0.25) is 19.8 Å². The van der Waals surface area contributed by atoms with Crippen LogP contribution in [0.3, 0.4) is 0 Å². The number of carbonyl (C=O) groups excluding carboxylic acids is 2. The van der Waals surface area contributed by atoms with E-state index in [2.05, 4.69) is 28.2 Å². The number of pyridine rings is 1. The molecule has 12 heteroatoms. The lowest BCUT2D eigenvalue weighted by molar-refractivity contribution is -0.139. The number of piperidine rings is 1. The molecule has 0 radical (unpaired) electrons. The Kier molecular flexibility index (Phi) is 11.9. The molecule has 0 spiro atoms. The van der Waals surface area contributed by atoms with E-state index in [0.29, 0.717) is 54.1 Å². The summed E-state index contributed by atoms with van der Waals surface area (Å²) in [7, 11) is 0. The molecule has 57 heavy (non-hydrogen) atoms. The smallest absolute Gasteiger partial charge is 0.358 e. The van der Waals surface area contributed by atoms with Crippen molar-refractivity contribution in [3.05, 3.63) is 101 Å². The first-order valence-electron chi connectivity index (χ1n) is 19.8. The van der Waals surface area contributed by atoms with Gasteiger partial charge in [-0.05, 0) is 138 Å². The van der Waals surface area contributed by atoms with Crippen LogP contribution in [0.2, 0.25) is 0 Å². The van der Waals surface area contributed by atoms with Crippen molar-refractivity contribution in [3.63, 3.8) is 0 Å². The van der Waals surface area contributed by atoms with Gasteiger partial charge in [0.05, 0.1) is 23.4 Å². The first-order chi connectivity index (χ1) is 27.3. The summed E-state index contributed by atoms with van der Waals surface area (Å²) in [6.07, 6.45) is 4.61. The normalized spacial score (nSPS) is 17.2. The van der Waals surface area contributed by atoms with Crippen molar-refractivity contribution in [3.8, 4) is 16.9 Å². The number of esters is 1. The molecule has 2 aliphatic heterocycles. The van der Waals surface area contributed by atoms with Crippen LogP contribution in [0.25, 0.3) is 21.3 Å². The van der Waals surface area contributed by atoms with Gasteiger partial charge in [0.1, 0.15) is 17.2 Å². The van der Waals surface area contributed by atoms with Gasteiger partial charge in [0.25, 0.3) is 5.91 Å². The summed E-state index contributed by atoms with van der Waals surface area (Å²) in [6.45, 7) is 12.2. The number of para-hydroxylation sites is 1. The molecule has 1 amide bonds. The number of aromatic nitrogens is 2. The number of amides is 1. The summed E-state index contributed by atoms with van der Waals surface area (Å²) in [4.78, 5) is 52.5. The van der Waals surface area contributed by atoms with Gasteiger partial charge in [0.15, 0.2) is 10.8 Å². The van der Waals surface area contributed by atoms with Crippen molar-refractivity contribution in [2.24, 2.45) is 5.92 Å². The minimum absolute atomic E-state index is 0.0985. The van der Waals surface area contributed by atoms with Crippen molar-refractivity contribution in [1.29, 1.82) is 0 Å². The molecule has 5 aromatic rings. The van der Waals surface area contributed by atoms with Crippen molar-refractivity contribution >= 4 is 50.3 Å². The van der Waals surface area contributed by atoms with E-state index >= 15 is 0 Å². The van der Waals surface area contributed by atoms with Crippen molar-refractivity contribution in [1.82, 2.24) is 14.9 Å². The van der Waals surface area contributed by atoms with E-state index in [0.717, 1.165) is 70.4 Å². The summed E-state index contributed by atoms with van der Waals surface area (Å²) in [6, 6.07) is 23.6. The number of hydrogen-bond acceptors (Lipinski definition) is 10. The monoisotopic (exact) mass is 789 g/mol. The molecule has 0 unspecified atom stereocenters. The van der Waals surface area contributed by atoms with Crippen LogP contribution in [0.15, 0.2) is 72.8 Å². The van der Waals surface area contributed by atoms with E-state index in [1.807, 2.05) is 99.3 Å². The minimum Gasteiger partial charge on any atom is -0.493 e. The number of nitrogens with zero attached hydrogens (tertiary/aromatic N) is 4. The number of ether oxygens (including phenoxy) is 2. The van der Waals surface area contributed by atoms with Gasteiger partial charge in [-0.15, -0.1) is 0 Å². The Morgan fingerprint density at radius 2 is 1.77 bits per heavy atom. The van der Waals surface area contributed by atoms with Crippen LogP contribution in [0.4, 0.5) is 10.9 Å². The summed E-state index contributed by atoms with van der Waals surface area (Å²) >= 11 is 1.45. The third-order valence-corrected chi connectivity index (χ3v) is 11.8. The van der Waals surface area contributed by atoms with Crippen LogP contribution in [0.1, 0.15) is 90.9 Å². The average molecular weight is 790 g/mol. The van der Waals surface area contributed by atoms with Gasteiger partial charge in [0, 0.05) is 30.3 Å². The summed E-state index contributed by atoms with van der Waals surface area (Å²) in [5.74, 6) is 0.422. The minimum atomic E-state index is -0.775. The zero-order chi connectivity index (χ0) is 40.3. The Hall–Kier alpha value is -5.33. The Balaban J connectivity index is 1.08. The highest BCUT2D eigenvalue weighted by Gasteiger charge is 2.29. The molecule has 298 valence electrons. The lowest BCUT2D eigenvalue weighted by Crippen LogP contribution is -2.43. The Labute approximate surface area is 338 Å². The first-order valence-corrected chi connectivity index (χ1v) is 20.6. The number of anilines is 2. The van der Waals surface area contributed by atoms with Gasteiger partial charge in [0.2, 0.25) is 0 Å². The predicted molar refractivity (Wildman–Crippen MR) is 224 cm³/mol. The number of aliphatic carboxylic acids is 1. The number of hydrogen-bond donors (Lipinski definition) is 2. The maximum absolute atomic E-state index is 13.9. The molecule has 2 atom stereocenters. The first kappa shape index (κ1) is 39.9. The SMILES string of the molecule is Cc1c(OCCC[C@@H]2CCN(CC(=O)O)[C@H](C)C2)cccc1-c1ccc(N2CCc3cccc(C(=O)Nc4nc5ccccc5s4)c3C2)nc1C(=O)OC(C)(C)C. The van der Waals surface area contributed by atoms with Crippen LogP contribution < -0.4 is 15.0 Å². The fourth-order valence-electron chi connectivity index (χ4n) is 8.01. The van der Waals surface area contributed by atoms with E-state index in [4.69, 9.17) is 14.5 Å². The zero-order valence-corrected chi connectivity index (χ0v) is 34.2. The van der Waals surface area contributed by atoms with Gasteiger partial charge in [-0.1, -0.05) is 47.7 Å². The molecule has 3 aromatic carbocycles. The molecule has 1 saturated heterocycles. The van der Waals surface area contributed by atoms with Crippen molar-refractivity contribution in [2.75, 3.05) is 36.5 Å². The molecule has 11 nitrogen and oxygen atoms in total. The van der Waals surface area contributed by atoms with Crippen LogP contribution in [-0.4, -0.2) is 75.7 Å². The zero-order valence-electron chi connectivity index (χ0n) is 33.3. The van der Waals surface area contributed by atoms with Crippen LogP contribution >= 0.6 is 11.3 Å². The Bertz CT molecular complexity index is 2250. The Morgan fingerprint density at radius 3 is 2.54 bits per heavy atom. The lowest BCUT2D eigenvalue weighted by Gasteiger charge is -2.36. The molecule has 1 fully saturated rings. The van der Waals surface area contributed by atoms with Gasteiger partial charge in [-0.2, -0.15) is 0 Å². The number of benzene rings is 3. The van der Waals surface area contributed by atoms with Crippen LogP contribution in [-0.2, 0) is 22.5 Å². The number of thiazole rings is 1. The molecule has 2 N–H and O–H groups in total. The molecule has 7 rings (SSSR count). The maximum Gasteiger partial charge on any atom is 0.358 e. The van der Waals surface area contributed by atoms with E-state index in [9.17, 15) is 19.5 Å². The molecule has 2 aliphatic rings. The quantitative estimate of drug-likeness (QED) is 0.0934. The largest absolute Gasteiger partial charge is 0.493 e. The summed E-state index contributed by atoms with van der Waals surface area (Å²) < 4.78 is 13.3. The third kappa shape index (κ3) is 9.45. The number of carbonyl (C=O) groups is 3. The number of fused-ring (bicyclic) bond motifs is 2. The van der Waals surface area contributed by atoms with E-state index in [1.165, 1.54) is 11.3 Å². The number of carboxylic acids is 1. The maximum atomic E-state index is 13.9. The predicted octanol–water partition coefficient (Wildman–Crippen LogP) is 8.78. The van der Waals surface area contributed by atoms with E-state index in [-0.39, 0.29) is 24.2 Å². The lowest BCUT2D eigenvalue weighted by atomic mass is 9.88. The number of carboxylic acid groups (broad SMARTS) is 1. The second-order valence-electron chi connectivity index (χ2n) is 16.1. The molecule has 0 bridgehead atoms. The standard InChI is InChI=1S/C45H51N5O6S/c1-28-25-30(20-22-49(28)27-40(51)52)11-10-24-55-37-16-9-13-32(29(37)2)33-18-19-39(47-41(33)43(54)56-45(3,4)5)50-23-21-31-12-8-14-34(35(31)26-50)42(53)48-44-46-36-15-6-7-17-38(36)57-44/h6-9,12-19,28,30H,10-11,20-27H2,1-5H3,(H,51,52)(H,46,48,53)/t28-,30-/m1/s1. The molecule has 4 heterocycles. The molecular weight excluding hydrogens is 739 g/mol. The van der Waals surface area contributed by atoms with Crippen LogP contribution in [0, 0.1) is 12.8 Å². The number of likely N-dealkylation sites (tertiary alicyclic amines) is 1. The second kappa shape index (κ2) is 17.0. The van der Waals surface area contributed by atoms with Gasteiger partial charge >= 0.3 is 11.9 Å². The van der Waals surface area contributed by atoms with E-state index < -0.39 is 17.5 Å². The fraction of sp³-hybridized carbons (Fsp3) is 0.400. The summed E-state index contributed by atoms with van der Waals surface area (Å²) in [5.41, 5.74) is 5.35. The average Bonchev–Trinajstić information content (AvgIpc) is 3.59. The summed E-state index contributed by atoms with van der Waals surface area (Å²) in [5, 5.41) is 12.8. The number of nitrogens with one attached hydrogen (secondary N) is 1. The molecule has 2 aromatic heterocycles. The highest BCUT2D eigenvalue weighted by Crippen LogP contribution is 2.36. The van der Waals surface area contributed by atoms with E-state index in [1.54, 1.807) is 0 Å². The van der Waals surface area contributed by atoms with Crippen LogP contribution in [0.5, 0.6) is 5.75 Å². The third-order valence-electron chi connectivity index (χ3n) is 10.9. The second-order valence-corrected chi connectivity index (χ2v) is 17.2. The fourth-order valence-corrected chi connectivity index (χ4v) is 8.87. The van der Waals surface area contributed by atoms with Crippen molar-refractivity contribution < 1.29 is 29.0 Å². The number of rotatable bonds is 12. The van der Waals surface area contributed by atoms with Gasteiger partial charge in [-0.25, -0.2) is 14.8 Å². The van der Waals surface area contributed by atoms with Gasteiger partial charge < -0.3 is 19.5 Å². The molecule has 0 aliphatic carbocycles. The molecule has 0 saturated carbocycles. The highest BCUT2D eigenvalue weighted by molar-refractivity contribution is 7.22. The Morgan fingerprint density at radius 1 is 0.965 bits per heavy atom. The molecular formula is C45H51N5O6S. The van der Waals surface area contributed by atoms with Crippen molar-refractivity contribution in [2.45, 2.75) is 84.9 Å².